The van der Waals surface area contributed by atoms with E-state index in [2.05, 4.69) is 17.5 Å². The monoisotopic (exact) mass is 217 g/mol. The van der Waals surface area contributed by atoms with Gasteiger partial charge in [-0.25, -0.2) is 4.98 Å². The number of nitrogens with zero attached hydrogens (tertiary/aromatic N) is 2. The Kier molecular flexibility index (Phi) is 5.00. The maximum Gasteiger partial charge on any atom is 0.136 e. The van der Waals surface area contributed by atoms with E-state index in [1.54, 1.807) is 6.20 Å². The number of rotatable bonds is 6. The van der Waals surface area contributed by atoms with Crippen LogP contribution in [-0.4, -0.2) is 39.5 Å². The largest absolute Gasteiger partial charge is 0.388 e. The molecule has 4 nitrogen and oxygen atoms in total. The van der Waals surface area contributed by atoms with Gasteiger partial charge in [-0.2, -0.15) is 0 Å². The van der Waals surface area contributed by atoms with Gasteiger partial charge >= 0.3 is 0 Å². The Hall–Kier alpha value is -0.520. The molecule has 0 radical (unpaired) electrons. The van der Waals surface area contributed by atoms with Gasteiger partial charge in [0.2, 0.25) is 0 Å². The molecule has 0 saturated carbocycles. The van der Waals surface area contributed by atoms with E-state index in [0.29, 0.717) is 23.5 Å². The topological polar surface area (TPSA) is 47.3 Å². The predicted octanol–water partition coefficient (Wildman–Crippen LogP) is 0.227. The molecule has 80 valence electrons. The van der Waals surface area contributed by atoms with Crippen LogP contribution in [-0.2, 0) is 29.0 Å². The molecule has 1 aromatic rings. The summed E-state index contributed by atoms with van der Waals surface area (Å²) in [5.41, 5.74) is 0. The summed E-state index contributed by atoms with van der Waals surface area (Å²) in [5.74, 6) is 1.74. The molecule has 0 bridgehead atoms. The van der Waals surface area contributed by atoms with E-state index >= 15 is 0 Å². The molecule has 0 amide bonds. The van der Waals surface area contributed by atoms with Crippen LogP contribution in [0.15, 0.2) is 12.4 Å². The average molecular weight is 217 g/mol. The highest BCUT2D eigenvalue weighted by Gasteiger charge is 2.03. The van der Waals surface area contributed by atoms with Crippen LogP contribution < -0.4 is 0 Å². The molecule has 0 aliphatic rings. The number of imidazole rings is 1. The van der Waals surface area contributed by atoms with Gasteiger partial charge < -0.3 is 14.4 Å². The lowest BCUT2D eigenvalue weighted by Crippen LogP contribution is -2.12. The van der Waals surface area contributed by atoms with Crippen LogP contribution in [0.25, 0.3) is 0 Å². The van der Waals surface area contributed by atoms with Crippen LogP contribution >= 0.6 is 0 Å². The highest BCUT2D eigenvalue weighted by molar-refractivity contribution is 7.95. The van der Waals surface area contributed by atoms with Crippen molar-refractivity contribution in [2.45, 2.75) is 13.3 Å². The van der Waals surface area contributed by atoms with Crippen LogP contribution in [0.3, 0.4) is 0 Å². The second-order valence-electron chi connectivity index (χ2n) is 3.20. The fraction of sp³-hybridized carbons (Fsp3) is 0.667. The van der Waals surface area contributed by atoms with Gasteiger partial charge in [0.15, 0.2) is 0 Å². The molecule has 1 N–H and O–H groups in total. The molecule has 1 heterocycles. The van der Waals surface area contributed by atoms with Crippen molar-refractivity contribution in [2.24, 2.45) is 0 Å². The summed E-state index contributed by atoms with van der Waals surface area (Å²) in [6, 6.07) is 0. The first-order chi connectivity index (χ1) is 6.74. The Bertz CT molecular complexity index is 263. The van der Waals surface area contributed by atoms with Gasteiger partial charge in [-0.05, 0) is 10.9 Å². The summed E-state index contributed by atoms with van der Waals surface area (Å²) in [7, 11) is 0.430. The van der Waals surface area contributed by atoms with Crippen LogP contribution in [0.5, 0.6) is 0 Å². The number of aliphatic hydroxyl groups excluding tert-OH is 1. The zero-order valence-electron chi connectivity index (χ0n) is 8.64. The number of hydrogen-bond acceptors (Lipinski definition) is 3. The van der Waals surface area contributed by atoms with E-state index in [1.165, 1.54) is 0 Å². The van der Waals surface area contributed by atoms with Crippen LogP contribution in [0.2, 0.25) is 0 Å². The van der Waals surface area contributed by atoms with Crippen molar-refractivity contribution in [1.29, 1.82) is 0 Å². The van der Waals surface area contributed by atoms with E-state index < -0.39 is 0 Å². The molecule has 0 aliphatic heterocycles. The molecule has 0 unspecified atom stereocenters. The lowest BCUT2D eigenvalue weighted by atomic mass is 10.6. The summed E-state index contributed by atoms with van der Waals surface area (Å²) in [6.45, 7) is 1.20. The highest BCUT2D eigenvalue weighted by atomic mass is 32.2. The van der Waals surface area contributed by atoms with E-state index in [9.17, 15) is 0 Å². The summed E-state index contributed by atoms with van der Waals surface area (Å²) < 4.78 is 7.26. The first-order valence-corrected chi connectivity index (χ1v) is 6.68. The third kappa shape index (κ3) is 3.69. The molecule has 5 heteroatoms. The van der Waals surface area contributed by atoms with Gasteiger partial charge in [0.05, 0.1) is 19.1 Å². The number of aromatic nitrogens is 2. The smallest absolute Gasteiger partial charge is 0.136 e. The minimum atomic E-state index is -0.0394. The molecular formula is C9H17N2O2S+. The third-order valence-electron chi connectivity index (χ3n) is 1.81. The van der Waals surface area contributed by atoms with Crippen LogP contribution in [0, 0.1) is 0 Å². The zero-order valence-corrected chi connectivity index (χ0v) is 9.46. The summed E-state index contributed by atoms with van der Waals surface area (Å²) >= 11 is 0. The molecule has 0 atom stereocenters. The molecule has 1 aromatic heterocycles. The Labute approximate surface area is 87.3 Å². The molecule has 0 spiro atoms. The molecule has 0 saturated heterocycles. The van der Waals surface area contributed by atoms with Crippen LogP contribution in [0.1, 0.15) is 5.82 Å². The molecule has 1 rings (SSSR count). The van der Waals surface area contributed by atoms with Crippen LogP contribution in [0.4, 0.5) is 0 Å². The normalized spacial score (nSPS) is 11.1. The minimum absolute atomic E-state index is 0.0394. The van der Waals surface area contributed by atoms with E-state index in [4.69, 9.17) is 9.84 Å². The Morgan fingerprint density at radius 3 is 3.00 bits per heavy atom. The Morgan fingerprint density at radius 1 is 1.57 bits per heavy atom. The van der Waals surface area contributed by atoms with Crippen molar-refractivity contribution >= 4 is 10.9 Å². The molecule has 14 heavy (non-hydrogen) atoms. The van der Waals surface area contributed by atoms with E-state index in [-0.39, 0.29) is 6.61 Å². The average Bonchev–Trinajstić information content (AvgIpc) is 2.59. The summed E-state index contributed by atoms with van der Waals surface area (Å²) in [4.78, 5) is 3.98. The number of ether oxygens (including phenoxy) is 1. The van der Waals surface area contributed by atoms with Gasteiger partial charge in [-0.3, -0.25) is 0 Å². The fourth-order valence-corrected chi connectivity index (χ4v) is 1.45. The zero-order chi connectivity index (χ0) is 10.4. The highest BCUT2D eigenvalue weighted by Crippen LogP contribution is 1.97. The van der Waals surface area contributed by atoms with Crippen molar-refractivity contribution in [1.82, 2.24) is 9.55 Å². The SMILES string of the molecule is C[S+](C)CCOCn1ccnc1CO. The lowest BCUT2D eigenvalue weighted by Gasteiger charge is -2.06. The minimum Gasteiger partial charge on any atom is -0.388 e. The standard InChI is InChI=1S/C9H17N2O2S/c1-14(2)6-5-13-8-11-4-3-10-9(11)7-12/h3-4,12H,5-8H2,1-2H3/q+1. The molecule has 0 fully saturated rings. The van der Waals surface area contributed by atoms with Gasteiger partial charge in [0.25, 0.3) is 0 Å². The van der Waals surface area contributed by atoms with Crippen molar-refractivity contribution in [3.63, 3.8) is 0 Å². The molecular weight excluding hydrogens is 200 g/mol. The first-order valence-electron chi connectivity index (χ1n) is 4.47. The first kappa shape index (κ1) is 11.6. The van der Waals surface area contributed by atoms with Crippen molar-refractivity contribution in [3.8, 4) is 0 Å². The molecule has 0 aromatic carbocycles. The third-order valence-corrected chi connectivity index (χ3v) is 2.79. The second-order valence-corrected chi connectivity index (χ2v) is 5.58. The maximum absolute atomic E-state index is 8.91. The van der Waals surface area contributed by atoms with Gasteiger partial charge in [0, 0.05) is 12.4 Å². The Balaban J connectivity index is 2.24. The molecule has 0 aliphatic carbocycles. The van der Waals surface area contributed by atoms with Gasteiger partial charge in [0.1, 0.15) is 24.9 Å². The lowest BCUT2D eigenvalue weighted by molar-refractivity contribution is 0.0841. The van der Waals surface area contributed by atoms with Gasteiger partial charge in [-0.15, -0.1) is 0 Å². The van der Waals surface area contributed by atoms with E-state index in [1.807, 2.05) is 10.8 Å². The van der Waals surface area contributed by atoms with Crippen molar-refractivity contribution < 1.29 is 9.84 Å². The fourth-order valence-electron chi connectivity index (χ4n) is 0.998. The number of aliphatic hydroxyl groups is 1. The number of hydrogen-bond donors (Lipinski definition) is 1. The Morgan fingerprint density at radius 2 is 2.36 bits per heavy atom. The summed E-state index contributed by atoms with van der Waals surface area (Å²) in [5, 5.41) is 8.91. The summed E-state index contributed by atoms with van der Waals surface area (Å²) in [6.07, 6.45) is 7.86. The second kappa shape index (κ2) is 6.06. The quantitative estimate of drug-likeness (QED) is 0.548. The van der Waals surface area contributed by atoms with E-state index in [0.717, 1.165) is 12.4 Å². The van der Waals surface area contributed by atoms with Crippen molar-refractivity contribution in [3.05, 3.63) is 18.2 Å². The van der Waals surface area contributed by atoms with Crippen molar-refractivity contribution in [2.75, 3.05) is 24.9 Å². The maximum atomic E-state index is 8.91. The predicted molar refractivity (Wildman–Crippen MR) is 58.2 cm³/mol. The van der Waals surface area contributed by atoms with Gasteiger partial charge in [-0.1, -0.05) is 0 Å².